The largest absolute Gasteiger partial charge is 0.319 e. The van der Waals surface area contributed by atoms with Crippen molar-refractivity contribution in [2.75, 3.05) is 10.0 Å². The van der Waals surface area contributed by atoms with E-state index in [-0.39, 0.29) is 21.8 Å². The van der Waals surface area contributed by atoms with Crippen LogP contribution in [-0.4, -0.2) is 14.3 Å². The highest BCUT2D eigenvalue weighted by atomic mass is 35.5. The van der Waals surface area contributed by atoms with Crippen LogP contribution in [0.5, 0.6) is 0 Å². The van der Waals surface area contributed by atoms with Gasteiger partial charge in [-0.2, -0.15) is 0 Å². The zero-order chi connectivity index (χ0) is 21.2. The minimum Gasteiger partial charge on any atom is -0.319 e. The molecule has 0 unspecified atom stereocenters. The van der Waals surface area contributed by atoms with Crippen LogP contribution in [0.15, 0.2) is 65.6 Å². The number of hydrogen-bond acceptors (Lipinski definition) is 3. The molecule has 0 aliphatic heterocycles. The Labute approximate surface area is 177 Å². The van der Waals surface area contributed by atoms with Gasteiger partial charge in [0.05, 0.1) is 16.3 Å². The van der Waals surface area contributed by atoms with Crippen LogP contribution in [0, 0.1) is 12.7 Å². The normalized spacial score (nSPS) is 11.2. The first kappa shape index (κ1) is 21.1. The Morgan fingerprint density at radius 1 is 1.00 bits per heavy atom. The second-order valence-electron chi connectivity index (χ2n) is 6.18. The molecular weight excluding hydrogens is 438 g/mol. The molecule has 0 saturated heterocycles. The molecule has 0 radical (unpaired) electrons. The topological polar surface area (TPSA) is 75.3 Å². The number of benzene rings is 3. The lowest BCUT2D eigenvalue weighted by molar-refractivity contribution is 0.102. The van der Waals surface area contributed by atoms with E-state index in [1.807, 2.05) is 0 Å². The molecule has 0 aliphatic rings. The smallest absolute Gasteiger partial charge is 0.261 e. The van der Waals surface area contributed by atoms with Gasteiger partial charge in [-0.05, 0) is 61.0 Å². The summed E-state index contributed by atoms with van der Waals surface area (Å²) < 4.78 is 41.8. The quantitative estimate of drug-likeness (QED) is 0.536. The Kier molecular flexibility index (Phi) is 6.12. The first-order valence-electron chi connectivity index (χ1n) is 8.31. The van der Waals surface area contributed by atoms with E-state index in [0.717, 1.165) is 11.6 Å². The minimum absolute atomic E-state index is 0.160. The third-order valence-corrected chi connectivity index (χ3v) is 6.03. The Balaban J connectivity index is 1.80. The molecule has 0 bridgehead atoms. The summed E-state index contributed by atoms with van der Waals surface area (Å²) in [6, 6.07) is 14.0. The summed E-state index contributed by atoms with van der Waals surface area (Å²) in [5.41, 5.74) is 1.12. The number of nitrogens with one attached hydrogen (secondary N) is 2. The van der Waals surface area contributed by atoms with Crippen LogP contribution in [-0.2, 0) is 10.0 Å². The van der Waals surface area contributed by atoms with E-state index in [2.05, 4.69) is 10.0 Å². The molecule has 0 fully saturated rings. The van der Waals surface area contributed by atoms with Crippen LogP contribution in [0.25, 0.3) is 0 Å². The zero-order valence-electron chi connectivity index (χ0n) is 15.0. The molecule has 0 aliphatic carbocycles. The number of amides is 1. The first-order valence-corrected chi connectivity index (χ1v) is 10.5. The summed E-state index contributed by atoms with van der Waals surface area (Å²) in [5.74, 6) is -1.47. The minimum atomic E-state index is -4.05. The molecule has 0 spiro atoms. The van der Waals surface area contributed by atoms with Gasteiger partial charge in [0, 0.05) is 15.6 Å². The number of aryl methyl sites for hydroxylation is 1. The second-order valence-corrected chi connectivity index (χ2v) is 8.70. The lowest BCUT2D eigenvalue weighted by Gasteiger charge is -2.11. The summed E-state index contributed by atoms with van der Waals surface area (Å²) in [6.45, 7) is 1.78. The summed E-state index contributed by atoms with van der Waals surface area (Å²) in [5, 5.41) is 3.15. The molecular formula is C20H15Cl2FN2O3S. The Morgan fingerprint density at radius 2 is 1.76 bits per heavy atom. The van der Waals surface area contributed by atoms with Gasteiger partial charge in [-0.15, -0.1) is 0 Å². The van der Waals surface area contributed by atoms with E-state index >= 15 is 0 Å². The summed E-state index contributed by atoms with van der Waals surface area (Å²) >= 11 is 11.8. The van der Waals surface area contributed by atoms with Crippen molar-refractivity contribution in [2.24, 2.45) is 0 Å². The highest BCUT2D eigenvalue weighted by Gasteiger charge is 2.18. The van der Waals surface area contributed by atoms with Crippen LogP contribution in [0.4, 0.5) is 15.8 Å². The third kappa shape index (κ3) is 5.06. The Morgan fingerprint density at radius 3 is 2.41 bits per heavy atom. The van der Waals surface area contributed by atoms with Crippen molar-refractivity contribution in [1.29, 1.82) is 0 Å². The van der Waals surface area contributed by atoms with E-state index < -0.39 is 21.7 Å². The molecule has 29 heavy (non-hydrogen) atoms. The standard InChI is InChI=1S/C20H15Cl2FN2O3S/c1-12-5-6-15(10-17(12)22)25-29(27,28)16-7-8-19(18(23)11-16)24-20(26)13-3-2-4-14(21)9-13/h2-11,25H,1H3,(H,24,26). The van der Waals surface area contributed by atoms with Crippen molar-refractivity contribution < 1.29 is 17.6 Å². The number of anilines is 2. The number of hydrogen-bond donors (Lipinski definition) is 2. The summed E-state index contributed by atoms with van der Waals surface area (Å²) in [6.07, 6.45) is 0. The van der Waals surface area contributed by atoms with Crippen molar-refractivity contribution >= 4 is 50.5 Å². The maximum atomic E-state index is 14.4. The molecule has 2 N–H and O–H groups in total. The fourth-order valence-corrected chi connectivity index (χ4v) is 3.89. The van der Waals surface area contributed by atoms with Gasteiger partial charge >= 0.3 is 0 Å². The van der Waals surface area contributed by atoms with Crippen LogP contribution in [0.2, 0.25) is 10.0 Å². The van der Waals surface area contributed by atoms with Crippen LogP contribution in [0.1, 0.15) is 15.9 Å². The molecule has 3 aromatic carbocycles. The highest BCUT2D eigenvalue weighted by Crippen LogP contribution is 2.25. The highest BCUT2D eigenvalue weighted by molar-refractivity contribution is 7.92. The van der Waals surface area contributed by atoms with Crippen LogP contribution in [0.3, 0.4) is 0 Å². The first-order chi connectivity index (χ1) is 13.7. The summed E-state index contributed by atoms with van der Waals surface area (Å²) in [4.78, 5) is 11.9. The fourth-order valence-electron chi connectivity index (χ4n) is 2.46. The molecule has 0 aromatic heterocycles. The lowest BCUT2D eigenvalue weighted by atomic mass is 10.2. The number of rotatable bonds is 5. The molecule has 9 heteroatoms. The summed E-state index contributed by atoms with van der Waals surface area (Å²) in [7, 11) is -4.05. The predicted octanol–water partition coefficient (Wildman–Crippen LogP) is 5.49. The van der Waals surface area contributed by atoms with Gasteiger partial charge in [0.25, 0.3) is 15.9 Å². The van der Waals surface area contributed by atoms with E-state index in [1.165, 1.54) is 30.3 Å². The van der Waals surface area contributed by atoms with Crippen molar-refractivity contribution in [2.45, 2.75) is 11.8 Å². The predicted molar refractivity (Wildman–Crippen MR) is 113 cm³/mol. The molecule has 150 valence electrons. The number of carbonyl (C=O) groups excluding carboxylic acids is 1. The van der Waals surface area contributed by atoms with Crippen LogP contribution >= 0.6 is 23.2 Å². The van der Waals surface area contributed by atoms with Crippen molar-refractivity contribution in [3.8, 4) is 0 Å². The van der Waals surface area contributed by atoms with Gasteiger partial charge in [-0.25, -0.2) is 12.8 Å². The third-order valence-electron chi connectivity index (χ3n) is 4.01. The van der Waals surface area contributed by atoms with Gasteiger partial charge in [-0.3, -0.25) is 9.52 Å². The molecule has 5 nitrogen and oxygen atoms in total. The van der Waals surface area contributed by atoms with Crippen LogP contribution < -0.4 is 10.0 Å². The average Bonchev–Trinajstić information content (AvgIpc) is 2.66. The zero-order valence-corrected chi connectivity index (χ0v) is 17.4. The Bertz CT molecular complexity index is 1200. The Hall–Kier alpha value is -2.61. The van der Waals surface area contributed by atoms with E-state index in [1.54, 1.807) is 31.2 Å². The number of carbonyl (C=O) groups is 1. The molecule has 0 saturated carbocycles. The average molecular weight is 453 g/mol. The molecule has 0 atom stereocenters. The molecule has 0 heterocycles. The van der Waals surface area contributed by atoms with Gasteiger partial charge in [-0.1, -0.05) is 35.3 Å². The molecule has 3 aromatic rings. The fraction of sp³-hybridized carbons (Fsp3) is 0.0500. The van der Waals surface area contributed by atoms with E-state index in [0.29, 0.717) is 10.0 Å². The van der Waals surface area contributed by atoms with E-state index in [9.17, 15) is 17.6 Å². The lowest BCUT2D eigenvalue weighted by Crippen LogP contribution is -2.15. The SMILES string of the molecule is Cc1ccc(NS(=O)(=O)c2ccc(NC(=O)c3cccc(Cl)c3)c(F)c2)cc1Cl. The molecule has 1 amide bonds. The monoisotopic (exact) mass is 452 g/mol. The van der Waals surface area contributed by atoms with Crippen molar-refractivity contribution in [3.63, 3.8) is 0 Å². The number of sulfonamides is 1. The maximum Gasteiger partial charge on any atom is 0.261 e. The van der Waals surface area contributed by atoms with Gasteiger partial charge in [0.2, 0.25) is 0 Å². The van der Waals surface area contributed by atoms with E-state index in [4.69, 9.17) is 23.2 Å². The van der Waals surface area contributed by atoms with Gasteiger partial charge in [0.15, 0.2) is 0 Å². The van der Waals surface area contributed by atoms with Crippen molar-refractivity contribution in [1.82, 2.24) is 0 Å². The maximum absolute atomic E-state index is 14.4. The molecule has 3 rings (SSSR count). The number of halogens is 3. The van der Waals surface area contributed by atoms with Gasteiger partial charge < -0.3 is 5.32 Å². The second kappa shape index (κ2) is 8.41. The van der Waals surface area contributed by atoms with Crippen molar-refractivity contribution in [3.05, 3.63) is 87.7 Å². The van der Waals surface area contributed by atoms with Gasteiger partial charge in [0.1, 0.15) is 5.82 Å².